The van der Waals surface area contributed by atoms with E-state index in [1.807, 2.05) is 20.0 Å². The quantitative estimate of drug-likeness (QED) is 0.783. The number of allylic oxidation sites excluding steroid dienone is 1. The van der Waals surface area contributed by atoms with E-state index in [0.29, 0.717) is 30.5 Å². The molecule has 0 atom stereocenters. The van der Waals surface area contributed by atoms with Crippen LogP contribution in [0, 0.1) is 0 Å². The van der Waals surface area contributed by atoms with Gasteiger partial charge < -0.3 is 9.88 Å². The average molecular weight is 329 g/mol. The van der Waals surface area contributed by atoms with Gasteiger partial charge in [0.25, 0.3) is 5.56 Å². The summed E-state index contributed by atoms with van der Waals surface area (Å²) in [6.07, 6.45) is 9.69. The molecule has 1 aliphatic carbocycles. The zero-order chi connectivity index (χ0) is 17.1. The fourth-order valence-electron chi connectivity index (χ4n) is 2.75. The van der Waals surface area contributed by atoms with E-state index in [1.54, 1.807) is 21.2 Å². The van der Waals surface area contributed by atoms with Crippen molar-refractivity contribution in [1.29, 1.82) is 0 Å². The first kappa shape index (κ1) is 16.4. The maximum Gasteiger partial charge on any atom is 0.296 e. The molecule has 24 heavy (non-hydrogen) atoms. The Morgan fingerprint density at radius 2 is 2.04 bits per heavy atom. The summed E-state index contributed by atoms with van der Waals surface area (Å²) in [5.74, 6) is 0.596. The molecule has 2 aromatic heterocycles. The van der Waals surface area contributed by atoms with Crippen molar-refractivity contribution in [3.63, 3.8) is 0 Å². The van der Waals surface area contributed by atoms with Gasteiger partial charge in [-0.2, -0.15) is 0 Å². The lowest BCUT2D eigenvalue weighted by atomic mass is 10.1. The van der Waals surface area contributed by atoms with Crippen molar-refractivity contribution in [3.8, 4) is 0 Å². The summed E-state index contributed by atoms with van der Waals surface area (Å²) < 4.78 is 3.45. The number of fused-ring (bicyclic) bond motifs is 1. The van der Waals surface area contributed by atoms with Crippen molar-refractivity contribution < 1.29 is 4.79 Å². The number of hydrogen-bond acceptors (Lipinski definition) is 4. The molecule has 2 heterocycles. The summed E-state index contributed by atoms with van der Waals surface area (Å²) in [6.45, 7) is 4.54. The van der Waals surface area contributed by atoms with Crippen LogP contribution >= 0.6 is 0 Å². The number of amides is 1. The molecule has 1 N–H and O–H groups in total. The molecule has 0 aliphatic heterocycles. The second kappa shape index (κ2) is 6.98. The number of aromatic nitrogens is 4. The summed E-state index contributed by atoms with van der Waals surface area (Å²) >= 11 is 0. The highest BCUT2D eigenvalue weighted by molar-refractivity contribution is 5.88. The Labute approximate surface area is 140 Å². The summed E-state index contributed by atoms with van der Waals surface area (Å²) in [4.78, 5) is 24.2. The standard InChI is InChI=1S/C17H23N5O2/c1-3-12(4-2)11-15(23)18-8-7-14-19-20-16-17(24)21(13-5-6-13)9-10-22(14)16/h9-11,13H,3-8H2,1-2H3,(H,18,23). The lowest BCUT2D eigenvalue weighted by Gasteiger charge is -2.05. The molecule has 1 amide bonds. The van der Waals surface area contributed by atoms with Gasteiger partial charge in [0.05, 0.1) is 0 Å². The summed E-state index contributed by atoms with van der Waals surface area (Å²) in [7, 11) is 0. The molecular formula is C17H23N5O2. The second-order valence-corrected chi connectivity index (χ2v) is 6.10. The van der Waals surface area contributed by atoms with Crippen LogP contribution in [0.5, 0.6) is 0 Å². The first-order valence-electron chi connectivity index (χ1n) is 8.56. The SMILES string of the molecule is CCC(=CC(=O)NCCc1nnc2c(=O)n(C3CC3)ccn12)CC. The highest BCUT2D eigenvalue weighted by Crippen LogP contribution is 2.33. The van der Waals surface area contributed by atoms with Gasteiger partial charge in [0.1, 0.15) is 5.82 Å². The van der Waals surface area contributed by atoms with Crippen LogP contribution in [0.4, 0.5) is 0 Å². The van der Waals surface area contributed by atoms with Crippen LogP contribution in [-0.2, 0) is 11.2 Å². The predicted octanol–water partition coefficient (Wildman–Crippen LogP) is 1.63. The van der Waals surface area contributed by atoms with E-state index in [-0.39, 0.29) is 11.5 Å². The van der Waals surface area contributed by atoms with Gasteiger partial charge in [-0.05, 0) is 25.7 Å². The van der Waals surface area contributed by atoms with Gasteiger partial charge in [-0.25, -0.2) is 0 Å². The number of nitrogens with zero attached hydrogens (tertiary/aromatic N) is 4. The fraction of sp³-hybridized carbons (Fsp3) is 0.529. The van der Waals surface area contributed by atoms with Gasteiger partial charge in [-0.3, -0.25) is 14.0 Å². The fourth-order valence-corrected chi connectivity index (χ4v) is 2.75. The largest absolute Gasteiger partial charge is 0.352 e. The zero-order valence-electron chi connectivity index (χ0n) is 14.2. The molecule has 0 spiro atoms. The van der Waals surface area contributed by atoms with Crippen molar-refractivity contribution in [1.82, 2.24) is 24.5 Å². The highest BCUT2D eigenvalue weighted by Gasteiger charge is 2.25. The topological polar surface area (TPSA) is 81.3 Å². The van der Waals surface area contributed by atoms with Gasteiger partial charge in [0.2, 0.25) is 11.6 Å². The van der Waals surface area contributed by atoms with E-state index < -0.39 is 0 Å². The van der Waals surface area contributed by atoms with E-state index in [1.165, 1.54) is 0 Å². The lowest BCUT2D eigenvalue weighted by molar-refractivity contribution is -0.116. The van der Waals surface area contributed by atoms with Crippen LogP contribution in [0.1, 0.15) is 51.4 Å². The second-order valence-electron chi connectivity index (χ2n) is 6.10. The molecule has 2 aromatic rings. The minimum atomic E-state index is -0.0961. The third-order valence-corrected chi connectivity index (χ3v) is 4.40. The van der Waals surface area contributed by atoms with Crippen LogP contribution in [0.15, 0.2) is 28.8 Å². The molecule has 1 fully saturated rings. The zero-order valence-corrected chi connectivity index (χ0v) is 14.2. The molecule has 1 saturated carbocycles. The molecule has 1 aliphatic rings. The van der Waals surface area contributed by atoms with Gasteiger partial charge in [0, 0.05) is 37.5 Å². The molecule has 3 rings (SSSR count). The molecule has 0 aromatic carbocycles. The van der Waals surface area contributed by atoms with E-state index in [4.69, 9.17) is 0 Å². The first-order chi connectivity index (χ1) is 11.6. The number of hydrogen-bond donors (Lipinski definition) is 1. The molecule has 128 valence electrons. The summed E-state index contributed by atoms with van der Waals surface area (Å²) in [6, 6.07) is 0.319. The Morgan fingerprint density at radius 1 is 1.29 bits per heavy atom. The average Bonchev–Trinajstić information content (AvgIpc) is 3.34. The Morgan fingerprint density at radius 3 is 2.71 bits per heavy atom. The van der Waals surface area contributed by atoms with Crippen molar-refractivity contribution in [2.75, 3.05) is 6.54 Å². The van der Waals surface area contributed by atoms with E-state index >= 15 is 0 Å². The molecule has 7 nitrogen and oxygen atoms in total. The number of nitrogens with one attached hydrogen (secondary N) is 1. The summed E-state index contributed by atoms with van der Waals surface area (Å²) in [5.41, 5.74) is 1.38. The molecular weight excluding hydrogens is 306 g/mol. The Hall–Kier alpha value is -2.44. The third-order valence-electron chi connectivity index (χ3n) is 4.40. The van der Waals surface area contributed by atoms with E-state index in [0.717, 1.165) is 31.3 Å². The molecule has 0 unspecified atom stereocenters. The summed E-state index contributed by atoms with van der Waals surface area (Å²) in [5, 5.41) is 11.0. The van der Waals surface area contributed by atoms with Gasteiger partial charge in [-0.15, -0.1) is 10.2 Å². The Kier molecular flexibility index (Phi) is 4.78. The van der Waals surface area contributed by atoms with E-state index in [9.17, 15) is 9.59 Å². The maximum atomic E-state index is 12.4. The molecule has 7 heteroatoms. The van der Waals surface area contributed by atoms with Crippen LogP contribution in [0.25, 0.3) is 5.65 Å². The Bertz CT molecular complexity index is 823. The highest BCUT2D eigenvalue weighted by atomic mass is 16.1. The maximum absolute atomic E-state index is 12.4. The van der Waals surface area contributed by atoms with Crippen LogP contribution in [0.2, 0.25) is 0 Å². The van der Waals surface area contributed by atoms with Crippen molar-refractivity contribution >= 4 is 11.6 Å². The van der Waals surface area contributed by atoms with Gasteiger partial charge >= 0.3 is 0 Å². The number of rotatable bonds is 7. The normalized spacial score (nSPS) is 13.9. The first-order valence-corrected chi connectivity index (χ1v) is 8.56. The minimum absolute atomic E-state index is 0.0846. The van der Waals surface area contributed by atoms with Gasteiger partial charge in [0.15, 0.2) is 0 Å². The van der Waals surface area contributed by atoms with Crippen LogP contribution in [-0.4, -0.2) is 31.6 Å². The monoisotopic (exact) mass is 329 g/mol. The molecule has 0 saturated heterocycles. The van der Waals surface area contributed by atoms with Crippen molar-refractivity contribution in [2.24, 2.45) is 0 Å². The third kappa shape index (κ3) is 3.39. The van der Waals surface area contributed by atoms with Crippen LogP contribution in [0.3, 0.4) is 0 Å². The van der Waals surface area contributed by atoms with Crippen LogP contribution < -0.4 is 10.9 Å². The smallest absolute Gasteiger partial charge is 0.296 e. The van der Waals surface area contributed by atoms with Gasteiger partial charge in [-0.1, -0.05) is 19.4 Å². The van der Waals surface area contributed by atoms with Crippen molar-refractivity contribution in [2.45, 2.75) is 52.0 Å². The number of carbonyl (C=O) groups excluding carboxylic acids is 1. The number of carbonyl (C=O) groups is 1. The molecule has 0 bridgehead atoms. The molecule has 0 radical (unpaired) electrons. The van der Waals surface area contributed by atoms with Crippen molar-refractivity contribution in [3.05, 3.63) is 40.2 Å². The Balaban J connectivity index is 1.66. The predicted molar refractivity (Wildman–Crippen MR) is 90.9 cm³/mol. The minimum Gasteiger partial charge on any atom is -0.352 e. The lowest BCUT2D eigenvalue weighted by Crippen LogP contribution is -2.25. The van der Waals surface area contributed by atoms with E-state index in [2.05, 4.69) is 15.5 Å².